The van der Waals surface area contributed by atoms with Gasteiger partial charge in [-0.3, -0.25) is 4.98 Å². The van der Waals surface area contributed by atoms with Crippen LogP contribution in [0.3, 0.4) is 0 Å². The van der Waals surface area contributed by atoms with Gasteiger partial charge in [0.1, 0.15) is 0 Å². The Morgan fingerprint density at radius 3 is 2.82 bits per heavy atom. The van der Waals surface area contributed by atoms with E-state index in [2.05, 4.69) is 4.98 Å². The summed E-state index contributed by atoms with van der Waals surface area (Å²) < 4.78 is 0. The lowest BCUT2D eigenvalue weighted by Gasteiger charge is -1.86. The van der Waals surface area contributed by atoms with Gasteiger partial charge in [-0.1, -0.05) is 24.3 Å². The summed E-state index contributed by atoms with van der Waals surface area (Å²) in [5.74, 6) is 0. The minimum atomic E-state index is 0.991. The second-order valence-corrected chi connectivity index (χ2v) is 2.14. The van der Waals surface area contributed by atoms with Crippen molar-refractivity contribution in [1.29, 1.82) is 0 Å². The number of hydrogen-bond donors (Lipinski definition) is 0. The molecule has 11 heavy (non-hydrogen) atoms. The van der Waals surface area contributed by atoms with E-state index in [1.165, 1.54) is 0 Å². The molecule has 0 bridgehead atoms. The Morgan fingerprint density at radius 2 is 2.18 bits per heavy atom. The molecule has 0 N–H and O–H groups in total. The zero-order chi connectivity index (χ0) is 7.94. The van der Waals surface area contributed by atoms with Crippen LogP contribution in [0, 0.1) is 0 Å². The molecular weight excluding hydrogens is 134 g/mol. The topological polar surface area (TPSA) is 12.9 Å². The molecule has 0 saturated heterocycles. The van der Waals surface area contributed by atoms with Crippen LogP contribution in [0.25, 0.3) is 6.08 Å². The highest BCUT2D eigenvalue weighted by Crippen LogP contribution is 1.95. The van der Waals surface area contributed by atoms with Gasteiger partial charge in [-0.2, -0.15) is 0 Å². The normalized spacial score (nSPS) is 11.4. The summed E-state index contributed by atoms with van der Waals surface area (Å²) in [6.45, 7) is 1.99. The molecule has 1 aromatic heterocycles. The van der Waals surface area contributed by atoms with Crippen LogP contribution >= 0.6 is 0 Å². The number of nitrogens with zero attached hydrogens (tertiary/aromatic N) is 1. The summed E-state index contributed by atoms with van der Waals surface area (Å²) in [6, 6.07) is 5.86. The lowest BCUT2D eigenvalue weighted by atomic mass is 10.3. The van der Waals surface area contributed by atoms with E-state index in [-0.39, 0.29) is 0 Å². The summed E-state index contributed by atoms with van der Waals surface area (Å²) in [5.41, 5.74) is 0.991. The molecule has 0 atom stereocenters. The summed E-state index contributed by atoms with van der Waals surface area (Å²) in [4.78, 5) is 4.13. The summed E-state index contributed by atoms with van der Waals surface area (Å²) in [6.07, 6.45) is 9.70. The first-order chi connectivity index (χ1) is 5.43. The Kier molecular flexibility index (Phi) is 3.13. The molecule has 0 aliphatic carbocycles. The van der Waals surface area contributed by atoms with Gasteiger partial charge in [0.2, 0.25) is 0 Å². The Hall–Kier alpha value is -1.37. The average molecular weight is 145 g/mol. The Bertz CT molecular complexity index is 247. The van der Waals surface area contributed by atoms with Crippen molar-refractivity contribution in [3.63, 3.8) is 0 Å². The van der Waals surface area contributed by atoms with E-state index in [0.29, 0.717) is 0 Å². The van der Waals surface area contributed by atoms with Gasteiger partial charge in [-0.05, 0) is 25.1 Å². The summed E-state index contributed by atoms with van der Waals surface area (Å²) >= 11 is 0. The van der Waals surface area contributed by atoms with Crippen LogP contribution < -0.4 is 0 Å². The summed E-state index contributed by atoms with van der Waals surface area (Å²) in [5, 5.41) is 0. The van der Waals surface area contributed by atoms with Crippen LogP contribution in [0.1, 0.15) is 12.6 Å². The van der Waals surface area contributed by atoms with Crippen LogP contribution in [0.4, 0.5) is 0 Å². The molecule has 0 radical (unpaired) electrons. The van der Waals surface area contributed by atoms with E-state index in [9.17, 15) is 0 Å². The van der Waals surface area contributed by atoms with Crippen molar-refractivity contribution >= 4 is 6.08 Å². The maximum absolute atomic E-state index is 4.13. The van der Waals surface area contributed by atoms with E-state index < -0.39 is 0 Å². The SMILES string of the molecule is C/C=C/C=C/c1ccccn1. The van der Waals surface area contributed by atoms with Gasteiger partial charge >= 0.3 is 0 Å². The Morgan fingerprint density at radius 1 is 1.27 bits per heavy atom. The molecule has 56 valence electrons. The van der Waals surface area contributed by atoms with Crippen molar-refractivity contribution in [2.45, 2.75) is 6.92 Å². The van der Waals surface area contributed by atoms with E-state index in [1.54, 1.807) is 6.20 Å². The van der Waals surface area contributed by atoms with Crippen LogP contribution in [0.15, 0.2) is 42.6 Å². The predicted molar refractivity (Wildman–Crippen MR) is 48.1 cm³/mol. The predicted octanol–water partition coefficient (Wildman–Crippen LogP) is 2.67. The number of pyridine rings is 1. The highest BCUT2D eigenvalue weighted by atomic mass is 14.6. The molecule has 0 unspecified atom stereocenters. The van der Waals surface area contributed by atoms with Crippen LogP contribution in [-0.4, -0.2) is 4.98 Å². The van der Waals surface area contributed by atoms with Crippen LogP contribution in [-0.2, 0) is 0 Å². The second-order valence-electron chi connectivity index (χ2n) is 2.14. The standard InChI is InChI=1S/C10H11N/c1-2-3-4-7-10-8-5-6-9-11-10/h2-9H,1H3/b3-2+,7-4+. The molecule has 0 spiro atoms. The lowest BCUT2D eigenvalue weighted by molar-refractivity contribution is 1.30. The van der Waals surface area contributed by atoms with Gasteiger partial charge < -0.3 is 0 Å². The van der Waals surface area contributed by atoms with E-state index in [1.807, 2.05) is 49.4 Å². The molecule has 0 fully saturated rings. The molecule has 1 nitrogen and oxygen atoms in total. The number of aromatic nitrogens is 1. The first kappa shape index (κ1) is 7.73. The maximum Gasteiger partial charge on any atom is 0.0629 e. The second kappa shape index (κ2) is 4.45. The first-order valence-electron chi connectivity index (χ1n) is 3.64. The highest BCUT2D eigenvalue weighted by molar-refractivity contribution is 5.46. The van der Waals surface area contributed by atoms with Crippen molar-refractivity contribution in [3.8, 4) is 0 Å². The van der Waals surface area contributed by atoms with Gasteiger partial charge in [0, 0.05) is 6.20 Å². The zero-order valence-electron chi connectivity index (χ0n) is 6.57. The molecule has 0 amide bonds. The lowest BCUT2D eigenvalue weighted by Crippen LogP contribution is -1.74. The molecule has 0 aromatic carbocycles. The van der Waals surface area contributed by atoms with Gasteiger partial charge in [0.25, 0.3) is 0 Å². The molecule has 1 aromatic rings. The fraction of sp³-hybridized carbons (Fsp3) is 0.100. The Labute approximate surface area is 67.1 Å². The summed E-state index contributed by atoms with van der Waals surface area (Å²) in [7, 11) is 0. The Balaban J connectivity index is 2.64. The largest absolute Gasteiger partial charge is 0.257 e. The number of allylic oxidation sites excluding steroid dienone is 3. The minimum Gasteiger partial charge on any atom is -0.257 e. The zero-order valence-corrected chi connectivity index (χ0v) is 6.57. The van der Waals surface area contributed by atoms with Gasteiger partial charge in [0.05, 0.1) is 5.69 Å². The van der Waals surface area contributed by atoms with Crippen LogP contribution in [0.5, 0.6) is 0 Å². The van der Waals surface area contributed by atoms with Crippen molar-refractivity contribution in [1.82, 2.24) is 4.98 Å². The molecule has 0 saturated carbocycles. The van der Waals surface area contributed by atoms with Gasteiger partial charge in [-0.25, -0.2) is 0 Å². The number of hydrogen-bond acceptors (Lipinski definition) is 1. The minimum absolute atomic E-state index is 0.991. The molecule has 1 heteroatoms. The smallest absolute Gasteiger partial charge is 0.0629 e. The quantitative estimate of drug-likeness (QED) is 0.583. The number of rotatable bonds is 2. The third kappa shape index (κ3) is 2.80. The van der Waals surface area contributed by atoms with E-state index in [4.69, 9.17) is 0 Å². The average Bonchev–Trinajstić information content (AvgIpc) is 2.07. The van der Waals surface area contributed by atoms with Crippen molar-refractivity contribution < 1.29 is 0 Å². The highest BCUT2D eigenvalue weighted by Gasteiger charge is 1.80. The van der Waals surface area contributed by atoms with Gasteiger partial charge in [-0.15, -0.1) is 0 Å². The van der Waals surface area contributed by atoms with Gasteiger partial charge in [0.15, 0.2) is 0 Å². The molecule has 0 aliphatic heterocycles. The van der Waals surface area contributed by atoms with Crippen molar-refractivity contribution in [2.75, 3.05) is 0 Å². The monoisotopic (exact) mass is 145 g/mol. The molecule has 1 heterocycles. The van der Waals surface area contributed by atoms with E-state index in [0.717, 1.165) is 5.69 Å². The first-order valence-corrected chi connectivity index (χ1v) is 3.64. The van der Waals surface area contributed by atoms with Crippen molar-refractivity contribution in [3.05, 3.63) is 48.3 Å². The fourth-order valence-electron chi connectivity index (χ4n) is 0.740. The molecule has 1 rings (SSSR count). The third-order valence-electron chi connectivity index (χ3n) is 1.26. The fourth-order valence-corrected chi connectivity index (χ4v) is 0.740. The van der Waals surface area contributed by atoms with Crippen molar-refractivity contribution in [2.24, 2.45) is 0 Å². The molecular formula is C10H11N. The van der Waals surface area contributed by atoms with Crippen LogP contribution in [0.2, 0.25) is 0 Å². The van der Waals surface area contributed by atoms with E-state index >= 15 is 0 Å². The maximum atomic E-state index is 4.13. The third-order valence-corrected chi connectivity index (χ3v) is 1.26. The molecule has 0 aliphatic rings.